The number of rotatable bonds is 5. The van der Waals surface area contributed by atoms with Gasteiger partial charge in [0.15, 0.2) is 0 Å². The Hall–Kier alpha value is -2.57. The van der Waals surface area contributed by atoms with Gasteiger partial charge in [0.25, 0.3) is 0 Å². The summed E-state index contributed by atoms with van der Waals surface area (Å²) in [5.74, 6) is -0.555. The molecule has 144 valence electrons. The van der Waals surface area contributed by atoms with Crippen LogP contribution >= 0.6 is 11.6 Å². The lowest BCUT2D eigenvalue weighted by molar-refractivity contribution is -0.138. The maximum atomic E-state index is 13.1. The highest BCUT2D eigenvalue weighted by molar-refractivity contribution is 6.30. The lowest BCUT2D eigenvalue weighted by Crippen LogP contribution is -2.43. The molecule has 0 saturated carbocycles. The van der Waals surface area contributed by atoms with Gasteiger partial charge in [0, 0.05) is 11.6 Å². The summed E-state index contributed by atoms with van der Waals surface area (Å²) in [6.07, 6.45) is 5.08. The summed E-state index contributed by atoms with van der Waals surface area (Å²) in [7, 11) is 0. The first-order valence-corrected chi connectivity index (χ1v) is 9.64. The Morgan fingerprint density at radius 3 is 3.00 bits per heavy atom. The number of carbonyl (C=O) groups excluding carboxylic acids is 2. The number of ether oxygens (including phenoxy) is 1. The van der Waals surface area contributed by atoms with Crippen LogP contribution in [0.15, 0.2) is 59.2 Å². The first-order chi connectivity index (χ1) is 13.6. The van der Waals surface area contributed by atoms with E-state index in [0.717, 1.165) is 5.56 Å². The molecular formula is C21H19ClN2O4. The van der Waals surface area contributed by atoms with E-state index in [-0.39, 0.29) is 17.9 Å². The van der Waals surface area contributed by atoms with Crippen molar-refractivity contribution in [3.63, 3.8) is 0 Å². The number of fused-ring (bicyclic) bond motifs is 1. The van der Waals surface area contributed by atoms with Gasteiger partial charge in [-0.15, -0.1) is 0 Å². The maximum absolute atomic E-state index is 13.1. The molecule has 3 aliphatic heterocycles. The normalized spacial score (nSPS) is 30.1. The van der Waals surface area contributed by atoms with E-state index in [1.165, 1.54) is 0 Å². The number of carbonyl (C=O) groups is 2. The van der Waals surface area contributed by atoms with Crippen molar-refractivity contribution >= 4 is 23.4 Å². The molecule has 3 aliphatic rings. The SMILES string of the molecule is O=C(NCc1cccc(Cl)c1)[C@@H]1[C@H]2C=C[C@@]3(CN(Cc4ccco4)C(=O)[C@@H]13)O2. The summed E-state index contributed by atoms with van der Waals surface area (Å²) in [6, 6.07) is 11.0. The Labute approximate surface area is 167 Å². The van der Waals surface area contributed by atoms with Crippen molar-refractivity contribution in [1.82, 2.24) is 10.2 Å². The molecule has 28 heavy (non-hydrogen) atoms. The van der Waals surface area contributed by atoms with E-state index in [2.05, 4.69) is 5.32 Å². The molecular weight excluding hydrogens is 380 g/mol. The molecule has 4 atom stereocenters. The molecule has 2 fully saturated rings. The molecule has 4 heterocycles. The van der Waals surface area contributed by atoms with E-state index >= 15 is 0 Å². The predicted molar refractivity (Wildman–Crippen MR) is 101 cm³/mol. The summed E-state index contributed by atoms with van der Waals surface area (Å²) < 4.78 is 11.5. The van der Waals surface area contributed by atoms with Crippen LogP contribution in [0.4, 0.5) is 0 Å². The average Bonchev–Trinajstić information content (AvgIpc) is 3.43. The fourth-order valence-electron chi connectivity index (χ4n) is 4.56. The quantitative estimate of drug-likeness (QED) is 0.785. The van der Waals surface area contributed by atoms with E-state index in [4.69, 9.17) is 20.8 Å². The molecule has 1 N–H and O–H groups in total. The second-order valence-electron chi connectivity index (χ2n) is 7.52. The molecule has 7 heteroatoms. The van der Waals surface area contributed by atoms with Crippen LogP contribution in [0.5, 0.6) is 0 Å². The summed E-state index contributed by atoms with van der Waals surface area (Å²) in [6.45, 7) is 1.17. The van der Waals surface area contributed by atoms with Crippen molar-refractivity contribution in [1.29, 1.82) is 0 Å². The Balaban J connectivity index is 1.32. The van der Waals surface area contributed by atoms with Crippen LogP contribution in [0, 0.1) is 11.8 Å². The molecule has 2 amide bonds. The monoisotopic (exact) mass is 398 g/mol. The maximum Gasteiger partial charge on any atom is 0.230 e. The van der Waals surface area contributed by atoms with Gasteiger partial charge in [0.1, 0.15) is 11.4 Å². The summed E-state index contributed by atoms with van der Waals surface area (Å²) in [4.78, 5) is 27.8. The van der Waals surface area contributed by atoms with Crippen LogP contribution in [0.1, 0.15) is 11.3 Å². The first kappa shape index (κ1) is 17.5. The third-order valence-electron chi connectivity index (χ3n) is 5.76. The molecule has 6 nitrogen and oxygen atoms in total. The highest BCUT2D eigenvalue weighted by atomic mass is 35.5. The van der Waals surface area contributed by atoms with Crippen molar-refractivity contribution in [2.24, 2.45) is 11.8 Å². The summed E-state index contributed by atoms with van der Waals surface area (Å²) in [5, 5.41) is 3.56. The molecule has 2 saturated heterocycles. The number of likely N-dealkylation sites (tertiary alicyclic amines) is 1. The highest BCUT2D eigenvalue weighted by Gasteiger charge is 2.66. The zero-order chi connectivity index (χ0) is 19.3. The van der Waals surface area contributed by atoms with Gasteiger partial charge in [-0.05, 0) is 29.8 Å². The standard InChI is InChI=1S/C21H19ClN2O4/c22-14-4-1-3-13(9-14)10-23-19(25)17-16-6-7-21(28-16)12-24(20(26)18(17)21)11-15-5-2-8-27-15/h1-9,16-18H,10-12H2,(H,23,25)/t16-,17-,18-,21+/m1/s1. The minimum absolute atomic E-state index is 0.0637. The minimum atomic E-state index is -0.716. The Bertz CT molecular complexity index is 957. The van der Waals surface area contributed by atoms with Gasteiger partial charge < -0.3 is 19.4 Å². The van der Waals surface area contributed by atoms with Crippen molar-refractivity contribution in [3.05, 3.63) is 71.2 Å². The minimum Gasteiger partial charge on any atom is -0.467 e. The van der Waals surface area contributed by atoms with Crippen molar-refractivity contribution in [2.75, 3.05) is 6.54 Å². The van der Waals surface area contributed by atoms with Crippen LogP contribution in [-0.2, 0) is 27.4 Å². The number of hydrogen-bond donors (Lipinski definition) is 1. The number of halogens is 1. The molecule has 0 aliphatic carbocycles. The molecule has 0 radical (unpaired) electrons. The third kappa shape index (κ3) is 2.75. The van der Waals surface area contributed by atoms with Crippen molar-refractivity contribution in [2.45, 2.75) is 24.8 Å². The van der Waals surface area contributed by atoms with Gasteiger partial charge in [-0.1, -0.05) is 35.9 Å². The molecule has 2 aromatic rings. The second kappa shape index (κ2) is 6.50. The topological polar surface area (TPSA) is 71.8 Å². The Kier molecular flexibility index (Phi) is 4.07. The van der Waals surface area contributed by atoms with E-state index in [1.54, 1.807) is 23.3 Å². The van der Waals surface area contributed by atoms with Gasteiger partial charge in [-0.2, -0.15) is 0 Å². The molecule has 5 rings (SSSR count). The van der Waals surface area contributed by atoms with E-state index in [0.29, 0.717) is 30.4 Å². The van der Waals surface area contributed by atoms with E-state index < -0.39 is 17.4 Å². The van der Waals surface area contributed by atoms with Crippen LogP contribution in [-0.4, -0.2) is 35.0 Å². The largest absolute Gasteiger partial charge is 0.467 e. The Morgan fingerprint density at radius 2 is 2.21 bits per heavy atom. The number of benzene rings is 1. The van der Waals surface area contributed by atoms with Crippen LogP contribution in [0.25, 0.3) is 0 Å². The van der Waals surface area contributed by atoms with Gasteiger partial charge >= 0.3 is 0 Å². The van der Waals surface area contributed by atoms with Crippen LogP contribution in [0.2, 0.25) is 5.02 Å². The highest BCUT2D eigenvalue weighted by Crippen LogP contribution is 2.52. The smallest absolute Gasteiger partial charge is 0.230 e. The predicted octanol–water partition coefficient (Wildman–Crippen LogP) is 2.53. The molecule has 1 aromatic carbocycles. The second-order valence-corrected chi connectivity index (χ2v) is 7.96. The van der Waals surface area contributed by atoms with Crippen molar-refractivity contribution in [3.8, 4) is 0 Å². The molecule has 1 aromatic heterocycles. The van der Waals surface area contributed by atoms with Gasteiger partial charge in [0.2, 0.25) is 11.8 Å². The molecule has 0 unspecified atom stereocenters. The average molecular weight is 399 g/mol. The van der Waals surface area contributed by atoms with Gasteiger partial charge in [-0.25, -0.2) is 0 Å². The zero-order valence-corrected chi connectivity index (χ0v) is 15.8. The summed E-state index contributed by atoms with van der Waals surface area (Å²) >= 11 is 6.00. The summed E-state index contributed by atoms with van der Waals surface area (Å²) in [5.41, 5.74) is 0.194. The number of amides is 2. The van der Waals surface area contributed by atoms with Gasteiger partial charge in [-0.3, -0.25) is 9.59 Å². The third-order valence-corrected chi connectivity index (χ3v) is 6.00. The molecule has 1 spiro atoms. The van der Waals surface area contributed by atoms with Crippen LogP contribution < -0.4 is 5.32 Å². The van der Waals surface area contributed by atoms with Gasteiger partial charge in [0.05, 0.1) is 37.3 Å². The van der Waals surface area contributed by atoms with E-state index in [9.17, 15) is 9.59 Å². The lowest BCUT2D eigenvalue weighted by atomic mass is 9.77. The van der Waals surface area contributed by atoms with Crippen molar-refractivity contribution < 1.29 is 18.7 Å². The lowest BCUT2D eigenvalue weighted by Gasteiger charge is -2.23. The first-order valence-electron chi connectivity index (χ1n) is 9.26. The number of nitrogens with one attached hydrogen (secondary N) is 1. The number of furan rings is 1. The Morgan fingerprint density at radius 1 is 1.32 bits per heavy atom. The van der Waals surface area contributed by atoms with Crippen LogP contribution in [0.3, 0.4) is 0 Å². The fraction of sp³-hybridized carbons (Fsp3) is 0.333. The fourth-order valence-corrected chi connectivity index (χ4v) is 4.77. The van der Waals surface area contributed by atoms with E-state index in [1.807, 2.05) is 36.4 Å². The number of hydrogen-bond acceptors (Lipinski definition) is 4. The molecule has 2 bridgehead atoms. The zero-order valence-electron chi connectivity index (χ0n) is 15.0. The number of nitrogens with zero attached hydrogens (tertiary/aromatic N) is 1.